The minimum absolute atomic E-state index is 0.0904. The lowest BCUT2D eigenvalue weighted by Gasteiger charge is -2.05. The van der Waals surface area contributed by atoms with E-state index in [4.69, 9.17) is 4.42 Å². The second-order valence-corrected chi connectivity index (χ2v) is 6.46. The van der Waals surface area contributed by atoms with Gasteiger partial charge in [-0.3, -0.25) is 20.4 Å². The highest BCUT2D eigenvalue weighted by Gasteiger charge is 2.15. The third kappa shape index (κ3) is 3.20. The number of fused-ring (bicyclic) bond motifs is 1. The van der Waals surface area contributed by atoms with E-state index in [1.165, 1.54) is 11.3 Å². The Morgan fingerprint density at radius 1 is 0.846 bits per heavy atom. The monoisotopic (exact) mass is 363 g/mol. The maximum absolute atomic E-state index is 12.2. The van der Waals surface area contributed by atoms with Crippen LogP contribution in [0, 0.1) is 0 Å². The van der Waals surface area contributed by atoms with Gasteiger partial charge in [-0.15, -0.1) is 11.3 Å². The Morgan fingerprint density at radius 2 is 1.58 bits per heavy atom. The molecular weight excluding hydrogens is 350 g/mol. The van der Waals surface area contributed by atoms with Crippen LogP contribution in [0.4, 0.5) is 0 Å². The van der Waals surface area contributed by atoms with Gasteiger partial charge >= 0.3 is 5.91 Å². The molecule has 2 N–H and O–H groups in total. The van der Waals surface area contributed by atoms with Crippen molar-refractivity contribution in [3.8, 4) is 10.8 Å². The van der Waals surface area contributed by atoms with Crippen molar-refractivity contribution in [2.24, 2.45) is 0 Å². The number of thiazole rings is 1. The van der Waals surface area contributed by atoms with Crippen LogP contribution in [-0.4, -0.2) is 16.8 Å². The maximum atomic E-state index is 12.2. The highest BCUT2D eigenvalue weighted by atomic mass is 32.1. The molecule has 0 fully saturated rings. The van der Waals surface area contributed by atoms with Crippen molar-refractivity contribution in [3.63, 3.8) is 0 Å². The lowest BCUT2D eigenvalue weighted by atomic mass is 10.2. The van der Waals surface area contributed by atoms with E-state index in [1.807, 2.05) is 30.3 Å². The second-order valence-electron chi connectivity index (χ2n) is 5.42. The molecule has 4 aromatic rings. The molecule has 0 saturated carbocycles. The number of furan rings is 1. The Kier molecular flexibility index (Phi) is 4.20. The minimum Gasteiger partial charge on any atom is -0.448 e. The molecular formula is C19H13N3O3S. The molecule has 0 aliphatic carbocycles. The van der Waals surface area contributed by atoms with Gasteiger partial charge in [0.25, 0.3) is 5.91 Å². The number of amides is 2. The molecule has 26 heavy (non-hydrogen) atoms. The van der Waals surface area contributed by atoms with Crippen molar-refractivity contribution in [3.05, 3.63) is 78.1 Å². The van der Waals surface area contributed by atoms with Gasteiger partial charge in [-0.1, -0.05) is 30.3 Å². The highest BCUT2D eigenvalue weighted by molar-refractivity contribution is 7.21. The molecule has 0 aliphatic rings. The fraction of sp³-hybridized carbons (Fsp3) is 0. The standard InChI is InChI=1S/C19H13N3O3S/c23-17(12-6-2-1-3-7-12)21-22-18(24)14-10-11-15(25-14)19-20-13-8-4-5-9-16(13)26-19/h1-11H,(H,21,23)(H,22,24). The molecule has 0 radical (unpaired) electrons. The van der Waals surface area contributed by atoms with E-state index < -0.39 is 11.8 Å². The summed E-state index contributed by atoms with van der Waals surface area (Å²) in [5.41, 5.74) is 6.02. The van der Waals surface area contributed by atoms with Crippen molar-refractivity contribution in [1.29, 1.82) is 0 Å². The average molecular weight is 363 g/mol. The van der Waals surface area contributed by atoms with Crippen molar-refractivity contribution < 1.29 is 14.0 Å². The third-order valence-electron chi connectivity index (χ3n) is 3.66. The van der Waals surface area contributed by atoms with Gasteiger partial charge in [0.15, 0.2) is 16.5 Å². The number of aromatic nitrogens is 1. The first kappa shape index (κ1) is 16.0. The molecule has 6 nitrogen and oxygen atoms in total. The predicted octanol–water partition coefficient (Wildman–Crippen LogP) is 3.63. The zero-order valence-corrected chi connectivity index (χ0v) is 14.2. The number of nitrogens with zero attached hydrogens (tertiary/aromatic N) is 1. The number of carbonyl (C=O) groups is 2. The largest absolute Gasteiger partial charge is 0.448 e. The summed E-state index contributed by atoms with van der Waals surface area (Å²) >= 11 is 1.48. The molecule has 4 rings (SSSR count). The van der Waals surface area contributed by atoms with Gasteiger partial charge < -0.3 is 4.42 Å². The number of hydrazine groups is 1. The number of nitrogens with one attached hydrogen (secondary N) is 2. The molecule has 0 unspecified atom stereocenters. The van der Waals surface area contributed by atoms with Crippen LogP contribution in [0.25, 0.3) is 21.0 Å². The van der Waals surface area contributed by atoms with Crippen LogP contribution in [-0.2, 0) is 0 Å². The van der Waals surface area contributed by atoms with E-state index in [2.05, 4.69) is 15.8 Å². The molecule has 0 spiro atoms. The normalized spacial score (nSPS) is 10.6. The number of hydrogen-bond donors (Lipinski definition) is 2. The second kappa shape index (κ2) is 6.81. The fourth-order valence-electron chi connectivity index (χ4n) is 2.39. The van der Waals surface area contributed by atoms with Gasteiger partial charge in [-0.2, -0.15) is 0 Å². The van der Waals surface area contributed by atoms with Crippen LogP contribution < -0.4 is 10.9 Å². The van der Waals surface area contributed by atoms with Crippen molar-refractivity contribution >= 4 is 33.4 Å². The van der Waals surface area contributed by atoms with E-state index in [0.717, 1.165) is 10.2 Å². The SMILES string of the molecule is O=C(NNC(=O)c1ccc(-c2nc3ccccc3s2)o1)c1ccccc1. The van der Waals surface area contributed by atoms with Gasteiger partial charge in [0.1, 0.15) is 0 Å². The lowest BCUT2D eigenvalue weighted by Crippen LogP contribution is -2.41. The van der Waals surface area contributed by atoms with Crippen LogP contribution in [0.3, 0.4) is 0 Å². The number of carbonyl (C=O) groups excluding carboxylic acids is 2. The summed E-state index contributed by atoms with van der Waals surface area (Å²) in [7, 11) is 0. The number of para-hydroxylation sites is 1. The highest BCUT2D eigenvalue weighted by Crippen LogP contribution is 2.31. The predicted molar refractivity (Wildman–Crippen MR) is 98.7 cm³/mol. The zero-order chi connectivity index (χ0) is 17.9. The van der Waals surface area contributed by atoms with Gasteiger partial charge in [-0.05, 0) is 36.4 Å². The topological polar surface area (TPSA) is 84.2 Å². The van der Waals surface area contributed by atoms with E-state index in [0.29, 0.717) is 16.3 Å². The summed E-state index contributed by atoms with van der Waals surface area (Å²) < 4.78 is 6.63. The average Bonchev–Trinajstić information content (AvgIpc) is 3.33. The summed E-state index contributed by atoms with van der Waals surface area (Å²) in [5, 5.41) is 0.693. The van der Waals surface area contributed by atoms with E-state index in [9.17, 15) is 9.59 Å². The molecule has 2 aromatic heterocycles. The zero-order valence-electron chi connectivity index (χ0n) is 13.4. The number of hydrogen-bond acceptors (Lipinski definition) is 5. The maximum Gasteiger partial charge on any atom is 0.305 e. The van der Waals surface area contributed by atoms with Crippen molar-refractivity contribution in [2.45, 2.75) is 0 Å². The Morgan fingerprint density at radius 3 is 2.38 bits per heavy atom. The fourth-order valence-corrected chi connectivity index (χ4v) is 3.32. The summed E-state index contributed by atoms with van der Waals surface area (Å²) in [6, 6.07) is 19.6. The summed E-state index contributed by atoms with van der Waals surface area (Å²) in [5.74, 6) is -0.350. The minimum atomic E-state index is -0.540. The number of benzene rings is 2. The van der Waals surface area contributed by atoms with Crippen LogP contribution in [0.1, 0.15) is 20.9 Å². The molecule has 2 heterocycles. The Labute approximate surface area is 152 Å². The van der Waals surface area contributed by atoms with Gasteiger partial charge in [0.2, 0.25) is 0 Å². The first-order valence-corrected chi connectivity index (χ1v) is 8.64. The molecule has 0 atom stereocenters. The lowest BCUT2D eigenvalue weighted by molar-refractivity contribution is 0.0831. The molecule has 0 aliphatic heterocycles. The molecule has 0 saturated heterocycles. The quantitative estimate of drug-likeness (QED) is 0.545. The summed E-state index contributed by atoms with van der Waals surface area (Å²) in [6.45, 7) is 0. The Balaban J connectivity index is 1.45. The van der Waals surface area contributed by atoms with Crippen molar-refractivity contribution in [1.82, 2.24) is 15.8 Å². The molecule has 7 heteroatoms. The number of rotatable bonds is 3. The van der Waals surface area contributed by atoms with Crippen LogP contribution >= 0.6 is 11.3 Å². The molecule has 2 amide bonds. The molecule has 2 aromatic carbocycles. The van der Waals surface area contributed by atoms with E-state index in [-0.39, 0.29) is 5.76 Å². The first-order valence-electron chi connectivity index (χ1n) is 7.82. The Bertz CT molecular complexity index is 1050. The van der Waals surface area contributed by atoms with Crippen LogP contribution in [0.5, 0.6) is 0 Å². The van der Waals surface area contributed by atoms with E-state index >= 15 is 0 Å². The van der Waals surface area contributed by atoms with Gasteiger partial charge in [0.05, 0.1) is 10.2 Å². The van der Waals surface area contributed by atoms with Gasteiger partial charge in [-0.25, -0.2) is 4.98 Å². The van der Waals surface area contributed by atoms with Crippen molar-refractivity contribution in [2.75, 3.05) is 0 Å². The molecule has 0 bridgehead atoms. The Hall–Kier alpha value is -3.45. The van der Waals surface area contributed by atoms with Crippen LogP contribution in [0.2, 0.25) is 0 Å². The summed E-state index contributed by atoms with van der Waals surface area (Å²) in [6.07, 6.45) is 0. The third-order valence-corrected chi connectivity index (χ3v) is 4.71. The molecule has 128 valence electrons. The smallest absolute Gasteiger partial charge is 0.305 e. The van der Waals surface area contributed by atoms with E-state index in [1.54, 1.807) is 36.4 Å². The van der Waals surface area contributed by atoms with Gasteiger partial charge in [0, 0.05) is 5.56 Å². The van der Waals surface area contributed by atoms with Crippen LogP contribution in [0.15, 0.2) is 71.1 Å². The first-order chi connectivity index (χ1) is 12.7. The summed E-state index contributed by atoms with van der Waals surface area (Å²) in [4.78, 5) is 28.6.